The monoisotopic (exact) mass is 1490 g/mol. The third kappa shape index (κ3) is 11.2. The van der Waals surface area contributed by atoms with E-state index in [4.69, 9.17) is 38.7 Å². The van der Waals surface area contributed by atoms with E-state index in [0.29, 0.717) is 34.9 Å². The lowest BCUT2D eigenvalue weighted by molar-refractivity contribution is 0.669. The number of benzene rings is 16. The van der Waals surface area contributed by atoms with Gasteiger partial charge in [-0.15, -0.1) is 0 Å². The Labute approximate surface area is 662 Å². The van der Waals surface area contributed by atoms with Gasteiger partial charge in [-0.05, 0) is 122 Å². The average Bonchev–Trinajstić information content (AvgIpc) is 1.55. The van der Waals surface area contributed by atoms with Crippen LogP contribution in [0.25, 0.3) is 212 Å². The van der Waals surface area contributed by atoms with Crippen molar-refractivity contribution in [2.75, 3.05) is 0 Å². The van der Waals surface area contributed by atoms with Crippen molar-refractivity contribution in [2.45, 2.75) is 13.1 Å². The molecule has 22 aromatic rings. The fourth-order valence-corrected chi connectivity index (χ4v) is 20.6. The molecule has 0 atom stereocenters. The van der Waals surface area contributed by atoms with E-state index in [1.165, 1.54) is 26.9 Å². The molecule has 0 fully saturated rings. The second-order valence-electron chi connectivity index (χ2n) is 30.0. The molecule has 0 saturated carbocycles. The van der Waals surface area contributed by atoms with Crippen molar-refractivity contribution < 1.29 is 8.83 Å². The lowest BCUT2D eigenvalue weighted by Gasteiger charge is -2.19. The van der Waals surface area contributed by atoms with Crippen LogP contribution in [0.15, 0.2) is 385 Å². The summed E-state index contributed by atoms with van der Waals surface area (Å²) in [6.45, 7) is 4.89. The minimum Gasteiger partial charge on any atom is -0.456 e. The van der Waals surface area contributed by atoms with Gasteiger partial charge in [-0.25, -0.2) is 29.9 Å². The van der Waals surface area contributed by atoms with Gasteiger partial charge in [0.15, 0.2) is 34.9 Å². The van der Waals surface area contributed by atoms with E-state index >= 15 is 0 Å². The highest BCUT2D eigenvalue weighted by Gasteiger charge is 2.38. The summed E-state index contributed by atoms with van der Waals surface area (Å²) < 4.78 is 18.2. The summed E-state index contributed by atoms with van der Waals surface area (Å²) in [7, 11) is -1.94. The smallest absolute Gasteiger partial charge is 0.166 e. The normalized spacial score (nSPS) is 12.3. The molecule has 1 aliphatic heterocycles. The molecular weight excluding hydrogens is 1420 g/mol. The van der Waals surface area contributed by atoms with Crippen LogP contribution in [-0.4, -0.2) is 47.1 Å². The van der Waals surface area contributed by atoms with E-state index in [-0.39, 0.29) is 0 Å². The molecule has 0 radical (unpaired) electrons. The zero-order chi connectivity index (χ0) is 76.2. The topological polar surface area (TPSA) is 113 Å². The van der Waals surface area contributed by atoms with Crippen LogP contribution in [0.1, 0.15) is 0 Å². The molecule has 0 amide bonds. The first kappa shape index (κ1) is 66.9. The Morgan fingerprint density at radius 1 is 0.226 bits per heavy atom. The fraction of sp³-hybridized carbons (Fsp3) is 0.0192. The van der Waals surface area contributed by atoms with Gasteiger partial charge < -0.3 is 18.0 Å². The third-order valence-corrected chi connectivity index (χ3v) is 26.5. The molecule has 0 saturated heterocycles. The lowest BCUT2D eigenvalue weighted by Crippen LogP contribution is -2.49. The largest absolute Gasteiger partial charge is 0.456 e. The van der Waals surface area contributed by atoms with Gasteiger partial charge in [0.1, 0.15) is 30.4 Å². The Balaban J connectivity index is 0.000000140. The predicted molar refractivity (Wildman–Crippen MR) is 474 cm³/mol. The molecule has 0 aliphatic carbocycles. The highest BCUT2D eigenvalue weighted by Crippen LogP contribution is 2.47. The molecule has 0 spiro atoms. The van der Waals surface area contributed by atoms with Gasteiger partial charge in [0.2, 0.25) is 0 Å². The van der Waals surface area contributed by atoms with Crippen LogP contribution in [-0.2, 0) is 0 Å². The van der Waals surface area contributed by atoms with Crippen molar-refractivity contribution in [2.24, 2.45) is 0 Å². The van der Waals surface area contributed by atoms with Gasteiger partial charge in [0, 0.05) is 71.3 Å². The molecule has 115 heavy (non-hydrogen) atoms. The molecule has 0 unspecified atom stereocenters. The van der Waals surface area contributed by atoms with Gasteiger partial charge in [-0.1, -0.05) is 316 Å². The quantitative estimate of drug-likeness (QED) is 0.118. The summed E-state index contributed by atoms with van der Waals surface area (Å²) in [4.78, 5) is 31.3. The number of fused-ring (bicyclic) bond motifs is 17. The average molecular weight is 1490 g/mol. The number of nitrogens with zero attached hydrogens (tertiary/aromatic N) is 8. The number of hydrogen-bond acceptors (Lipinski definition) is 8. The van der Waals surface area contributed by atoms with Crippen LogP contribution in [0, 0.1) is 0 Å². The number of hydrogen-bond donors (Lipinski definition) is 0. The van der Waals surface area contributed by atoms with Gasteiger partial charge in [-0.2, -0.15) is 0 Å². The highest BCUT2D eigenvalue weighted by atomic mass is 28.3. The van der Waals surface area contributed by atoms with Crippen molar-refractivity contribution in [3.63, 3.8) is 0 Å². The van der Waals surface area contributed by atoms with Crippen LogP contribution in [0.3, 0.4) is 0 Å². The van der Waals surface area contributed by atoms with Crippen LogP contribution in [0.4, 0.5) is 0 Å². The molecule has 7 heterocycles. The van der Waals surface area contributed by atoms with E-state index < -0.39 is 8.07 Å². The standard InChI is InChI=1S/C53H36N4OSi.C51H32N4O/c1-59(2)46-27-14-11-21-38(46)39-29-28-35(32-47(39)59)52-54-51(34-18-7-4-8-19-34)55-53(56-52)41-22-10-13-26-44(41)57-43-25-12-9-20-37(43)40-30-31-45-48(49(40)57)42-24-15-23-36(50(42)58-45)33-16-5-3-6-17-33;1-4-14-33(15-5-1)35-24-26-37(27-25-35)50-52-49(36-18-8-3-9-19-36)53-51(54-50)41-21-11-13-23-44(41)55-43-22-12-10-20-39(43)40-30-31-45-47(48(40)55)42-29-28-38(32-46(42)56-45)34-16-6-2-7-17-34/h3-32H,1-2H3;1-32H. The number of aromatic nitrogens is 8. The molecular formula is C104H68N8O2Si. The lowest BCUT2D eigenvalue weighted by atomic mass is 10.0. The van der Waals surface area contributed by atoms with Crippen molar-refractivity contribution >= 4 is 106 Å². The van der Waals surface area contributed by atoms with Crippen LogP contribution >= 0.6 is 0 Å². The van der Waals surface area contributed by atoms with Crippen LogP contribution in [0.5, 0.6) is 0 Å². The Morgan fingerprint density at radius 3 is 1.17 bits per heavy atom. The minimum absolute atomic E-state index is 0.597. The predicted octanol–water partition coefficient (Wildman–Crippen LogP) is 25.5. The number of furan rings is 2. The van der Waals surface area contributed by atoms with E-state index in [9.17, 15) is 0 Å². The van der Waals surface area contributed by atoms with Crippen molar-refractivity contribution in [3.05, 3.63) is 376 Å². The first-order valence-electron chi connectivity index (χ1n) is 38.9. The summed E-state index contributed by atoms with van der Waals surface area (Å²) >= 11 is 0. The maximum atomic E-state index is 6.80. The Morgan fingerprint density at radius 2 is 0.600 bits per heavy atom. The van der Waals surface area contributed by atoms with E-state index in [2.05, 4.69) is 332 Å². The van der Waals surface area contributed by atoms with Crippen molar-refractivity contribution in [1.82, 2.24) is 39.0 Å². The van der Waals surface area contributed by atoms with Crippen LogP contribution in [0.2, 0.25) is 13.1 Å². The molecule has 16 aromatic carbocycles. The summed E-state index contributed by atoms with van der Waals surface area (Å²) in [6, 6.07) is 132. The second kappa shape index (κ2) is 27.2. The van der Waals surface area contributed by atoms with Gasteiger partial charge in [0.25, 0.3) is 0 Å². The first-order valence-corrected chi connectivity index (χ1v) is 41.9. The molecule has 23 rings (SSSR count). The highest BCUT2D eigenvalue weighted by molar-refractivity contribution is 7.03. The van der Waals surface area contributed by atoms with E-state index in [1.54, 1.807) is 0 Å². The number of rotatable bonds is 11. The Hall–Kier alpha value is -15.0. The summed E-state index contributed by atoms with van der Waals surface area (Å²) in [6.07, 6.45) is 0. The fourth-order valence-electron chi connectivity index (χ4n) is 17.5. The molecule has 540 valence electrons. The van der Waals surface area contributed by atoms with E-state index in [1.807, 2.05) is 66.7 Å². The summed E-state index contributed by atoms with van der Waals surface area (Å²) in [5.74, 6) is 3.74. The SMILES string of the molecule is C[Si]1(C)c2ccccc2-c2ccc(-c3nc(-c4ccccc4)nc(-c4ccccc4-n4c5ccccc5c5ccc6oc7c(-c8ccccc8)cccc7c6c54)n3)cc21.c1ccc(-c2ccc(-c3nc(-c4ccccc4)nc(-c4ccccc4-n4c5ccccc5c5ccc6oc7cc(-c8ccccc8)ccc7c6c54)n3)cc2)cc1. The third-order valence-electron chi connectivity index (χ3n) is 23.0. The Kier molecular flexibility index (Phi) is 15.8. The molecule has 11 heteroatoms. The molecule has 0 N–H and O–H groups in total. The maximum absolute atomic E-state index is 6.80. The first-order chi connectivity index (χ1) is 56.8. The number of para-hydroxylation sites is 5. The van der Waals surface area contributed by atoms with Crippen molar-refractivity contribution in [1.29, 1.82) is 0 Å². The van der Waals surface area contributed by atoms with Gasteiger partial charge in [0.05, 0.1) is 44.2 Å². The summed E-state index contributed by atoms with van der Waals surface area (Å²) in [5, 5.41) is 11.8. The second-order valence-corrected chi connectivity index (χ2v) is 34.3. The van der Waals surface area contributed by atoms with Crippen molar-refractivity contribution in [3.8, 4) is 124 Å². The minimum atomic E-state index is -1.94. The Bertz CT molecular complexity index is 7600. The van der Waals surface area contributed by atoms with Gasteiger partial charge in [-0.3, -0.25) is 0 Å². The zero-order valence-electron chi connectivity index (χ0n) is 62.7. The van der Waals surface area contributed by atoms with E-state index in [0.717, 1.165) is 160 Å². The summed E-state index contributed by atoms with van der Waals surface area (Å²) in [5.41, 5.74) is 24.7. The molecule has 10 nitrogen and oxygen atoms in total. The molecule has 0 bridgehead atoms. The zero-order valence-corrected chi connectivity index (χ0v) is 63.7. The molecule has 6 aromatic heterocycles. The molecule has 1 aliphatic rings. The van der Waals surface area contributed by atoms with Gasteiger partial charge >= 0.3 is 0 Å². The van der Waals surface area contributed by atoms with Crippen LogP contribution < -0.4 is 10.4 Å². The maximum Gasteiger partial charge on any atom is 0.166 e.